The maximum Gasteiger partial charge on any atom is 0.270 e. The average molecular weight is 353 g/mol. The van der Waals surface area contributed by atoms with Gasteiger partial charge in [-0.15, -0.1) is 0 Å². The fourth-order valence-corrected chi connectivity index (χ4v) is 3.34. The van der Waals surface area contributed by atoms with Crippen LogP contribution in [0.1, 0.15) is 10.5 Å². The Bertz CT molecular complexity index is 928. The molecule has 0 bridgehead atoms. The molecule has 0 radical (unpaired) electrons. The zero-order valence-electron chi connectivity index (χ0n) is 14.5. The van der Waals surface area contributed by atoms with Crippen molar-refractivity contribution < 1.29 is 13.9 Å². The number of aromatic nitrogens is 1. The van der Waals surface area contributed by atoms with Gasteiger partial charge < -0.3 is 19.5 Å². The Balaban J connectivity index is 1.45. The lowest BCUT2D eigenvalue weighted by Crippen LogP contribution is -2.48. The number of fused-ring (bicyclic) bond motifs is 1. The van der Waals surface area contributed by atoms with E-state index in [0.717, 1.165) is 35.4 Å². The summed E-state index contributed by atoms with van der Waals surface area (Å²) in [4.78, 5) is 20.0. The third kappa shape index (κ3) is 3.10. The number of aromatic amines is 1. The molecule has 0 spiro atoms. The minimum Gasteiger partial charge on any atom is -0.497 e. The molecule has 1 fully saturated rings. The Labute approximate surface area is 151 Å². The molecule has 1 amide bonds. The summed E-state index contributed by atoms with van der Waals surface area (Å²) >= 11 is 0. The standard InChI is InChI=1S/C20H20FN3O2/c1-26-17-6-7-18-14(12-17)13-19(22-18)20(25)24-10-8-23(9-11-24)16-4-2-15(21)3-5-16/h2-7,12-13,22H,8-11H2,1H3. The topological polar surface area (TPSA) is 48.6 Å². The number of methoxy groups -OCH3 is 1. The van der Waals surface area contributed by atoms with Crippen LogP contribution in [0.15, 0.2) is 48.5 Å². The molecule has 0 saturated carbocycles. The molecular formula is C20H20FN3O2. The number of halogens is 1. The first-order chi connectivity index (χ1) is 12.6. The minimum absolute atomic E-state index is 0.000997. The number of ether oxygens (including phenoxy) is 1. The molecule has 1 aliphatic heterocycles. The van der Waals surface area contributed by atoms with Crippen molar-refractivity contribution >= 4 is 22.5 Å². The van der Waals surface area contributed by atoms with Crippen LogP contribution in [-0.4, -0.2) is 49.1 Å². The van der Waals surface area contributed by atoms with E-state index in [2.05, 4.69) is 9.88 Å². The van der Waals surface area contributed by atoms with Crippen LogP contribution >= 0.6 is 0 Å². The van der Waals surface area contributed by atoms with Gasteiger partial charge in [-0.1, -0.05) is 0 Å². The number of benzene rings is 2. The van der Waals surface area contributed by atoms with E-state index in [1.807, 2.05) is 29.2 Å². The number of carbonyl (C=O) groups is 1. The van der Waals surface area contributed by atoms with E-state index in [0.29, 0.717) is 18.8 Å². The fourth-order valence-electron chi connectivity index (χ4n) is 3.34. The van der Waals surface area contributed by atoms with E-state index >= 15 is 0 Å². The lowest BCUT2D eigenvalue weighted by Gasteiger charge is -2.36. The van der Waals surface area contributed by atoms with E-state index in [1.165, 1.54) is 12.1 Å². The number of rotatable bonds is 3. The molecule has 4 rings (SSSR count). The highest BCUT2D eigenvalue weighted by Gasteiger charge is 2.23. The van der Waals surface area contributed by atoms with Crippen molar-refractivity contribution in [3.8, 4) is 5.75 Å². The molecule has 5 nitrogen and oxygen atoms in total. The summed E-state index contributed by atoms with van der Waals surface area (Å²) in [7, 11) is 1.63. The summed E-state index contributed by atoms with van der Waals surface area (Å²) in [6, 6.07) is 14.0. The number of anilines is 1. The number of nitrogens with one attached hydrogen (secondary N) is 1. The van der Waals surface area contributed by atoms with E-state index in [4.69, 9.17) is 4.74 Å². The lowest BCUT2D eigenvalue weighted by atomic mass is 10.2. The van der Waals surface area contributed by atoms with Crippen LogP contribution in [-0.2, 0) is 0 Å². The third-order valence-corrected chi connectivity index (χ3v) is 4.82. The van der Waals surface area contributed by atoms with Gasteiger partial charge in [0.15, 0.2) is 0 Å². The predicted molar refractivity (Wildman–Crippen MR) is 99.4 cm³/mol. The van der Waals surface area contributed by atoms with Crippen LogP contribution in [0, 0.1) is 5.82 Å². The summed E-state index contributed by atoms with van der Waals surface area (Å²) in [5.74, 6) is 0.528. The second kappa shape index (κ2) is 6.71. The molecule has 1 aliphatic rings. The molecule has 1 aromatic heterocycles. The van der Waals surface area contributed by atoms with Crippen molar-refractivity contribution in [2.24, 2.45) is 0 Å². The molecule has 0 unspecified atom stereocenters. The number of H-pyrrole nitrogens is 1. The van der Waals surface area contributed by atoms with Crippen LogP contribution in [0.5, 0.6) is 5.75 Å². The number of hydrogen-bond acceptors (Lipinski definition) is 3. The number of carbonyl (C=O) groups excluding carboxylic acids is 1. The van der Waals surface area contributed by atoms with Gasteiger partial charge in [0, 0.05) is 42.8 Å². The van der Waals surface area contributed by atoms with E-state index < -0.39 is 0 Å². The van der Waals surface area contributed by atoms with Crippen molar-refractivity contribution in [1.82, 2.24) is 9.88 Å². The summed E-state index contributed by atoms with van der Waals surface area (Å²) in [5.41, 5.74) is 2.48. The maximum absolute atomic E-state index is 13.1. The Morgan fingerprint density at radius 2 is 1.77 bits per heavy atom. The number of nitrogens with zero attached hydrogens (tertiary/aromatic N) is 2. The molecule has 6 heteroatoms. The Kier molecular flexibility index (Phi) is 4.24. The Morgan fingerprint density at radius 3 is 2.46 bits per heavy atom. The normalized spacial score (nSPS) is 14.7. The Morgan fingerprint density at radius 1 is 1.04 bits per heavy atom. The fraction of sp³-hybridized carbons (Fsp3) is 0.250. The average Bonchev–Trinajstić information content (AvgIpc) is 3.11. The highest BCUT2D eigenvalue weighted by Crippen LogP contribution is 2.23. The molecule has 3 aromatic rings. The number of amides is 1. The predicted octanol–water partition coefficient (Wildman–Crippen LogP) is 3.28. The number of hydrogen-bond donors (Lipinski definition) is 1. The van der Waals surface area contributed by atoms with Crippen LogP contribution < -0.4 is 9.64 Å². The third-order valence-electron chi connectivity index (χ3n) is 4.82. The monoisotopic (exact) mass is 353 g/mol. The molecule has 26 heavy (non-hydrogen) atoms. The van der Waals surface area contributed by atoms with Crippen molar-refractivity contribution in [2.45, 2.75) is 0 Å². The van der Waals surface area contributed by atoms with Crippen molar-refractivity contribution in [1.29, 1.82) is 0 Å². The lowest BCUT2D eigenvalue weighted by molar-refractivity contribution is 0.0742. The molecule has 134 valence electrons. The second-order valence-corrected chi connectivity index (χ2v) is 6.39. The van der Waals surface area contributed by atoms with Gasteiger partial charge in [0.1, 0.15) is 17.3 Å². The van der Waals surface area contributed by atoms with Gasteiger partial charge in [0.05, 0.1) is 7.11 Å². The summed E-state index contributed by atoms with van der Waals surface area (Å²) in [5, 5.41) is 0.956. The molecule has 2 heterocycles. The van der Waals surface area contributed by atoms with Crippen molar-refractivity contribution in [3.05, 3.63) is 60.0 Å². The van der Waals surface area contributed by atoms with Gasteiger partial charge in [-0.2, -0.15) is 0 Å². The zero-order chi connectivity index (χ0) is 18.1. The van der Waals surface area contributed by atoms with Gasteiger partial charge in [0.25, 0.3) is 5.91 Å². The summed E-state index contributed by atoms with van der Waals surface area (Å²) in [6.45, 7) is 2.72. The highest BCUT2D eigenvalue weighted by molar-refractivity contribution is 5.98. The van der Waals surface area contributed by atoms with Crippen LogP contribution in [0.4, 0.5) is 10.1 Å². The first-order valence-corrected chi connectivity index (χ1v) is 8.60. The minimum atomic E-state index is -0.238. The van der Waals surface area contributed by atoms with Gasteiger partial charge in [-0.3, -0.25) is 4.79 Å². The molecule has 1 N–H and O–H groups in total. The van der Waals surface area contributed by atoms with Crippen LogP contribution in [0.2, 0.25) is 0 Å². The summed E-state index contributed by atoms with van der Waals surface area (Å²) in [6.07, 6.45) is 0. The molecule has 0 aliphatic carbocycles. The van der Waals surface area contributed by atoms with Crippen molar-refractivity contribution in [2.75, 3.05) is 38.2 Å². The van der Waals surface area contributed by atoms with E-state index in [9.17, 15) is 9.18 Å². The van der Waals surface area contributed by atoms with Crippen molar-refractivity contribution in [3.63, 3.8) is 0 Å². The van der Waals surface area contributed by atoms with E-state index in [1.54, 1.807) is 19.2 Å². The van der Waals surface area contributed by atoms with Gasteiger partial charge in [-0.05, 0) is 48.5 Å². The SMILES string of the molecule is COc1ccc2[nH]c(C(=O)N3CCN(c4ccc(F)cc4)CC3)cc2c1. The Hall–Kier alpha value is -3.02. The zero-order valence-corrected chi connectivity index (χ0v) is 14.5. The molecule has 2 aromatic carbocycles. The van der Waals surface area contributed by atoms with Gasteiger partial charge in [0.2, 0.25) is 0 Å². The van der Waals surface area contributed by atoms with E-state index in [-0.39, 0.29) is 11.7 Å². The smallest absolute Gasteiger partial charge is 0.270 e. The number of piperazine rings is 1. The maximum atomic E-state index is 13.1. The highest BCUT2D eigenvalue weighted by atomic mass is 19.1. The first-order valence-electron chi connectivity index (χ1n) is 8.60. The van der Waals surface area contributed by atoms with Gasteiger partial charge in [-0.25, -0.2) is 4.39 Å². The quantitative estimate of drug-likeness (QED) is 0.786. The van der Waals surface area contributed by atoms with Gasteiger partial charge >= 0.3 is 0 Å². The molecule has 0 atom stereocenters. The molecule has 1 saturated heterocycles. The second-order valence-electron chi connectivity index (χ2n) is 6.39. The largest absolute Gasteiger partial charge is 0.497 e. The summed E-state index contributed by atoms with van der Waals surface area (Å²) < 4.78 is 18.3. The van der Waals surface area contributed by atoms with Crippen LogP contribution in [0.25, 0.3) is 10.9 Å². The van der Waals surface area contributed by atoms with Crippen LogP contribution in [0.3, 0.4) is 0 Å². The first kappa shape index (κ1) is 16.4. The molecular weight excluding hydrogens is 333 g/mol.